The molecule has 2 aliphatic rings. The number of rotatable bonds is 3. The van der Waals surface area contributed by atoms with Crippen LogP contribution in [0.1, 0.15) is 39.0 Å². The maximum atomic E-state index is 9.90. The lowest BCUT2D eigenvalue weighted by molar-refractivity contribution is 0.0683. The molecule has 1 saturated heterocycles. The van der Waals surface area contributed by atoms with Crippen molar-refractivity contribution in [2.75, 3.05) is 20.1 Å². The van der Waals surface area contributed by atoms with Crippen LogP contribution in [0.2, 0.25) is 0 Å². The fourth-order valence-electron chi connectivity index (χ4n) is 3.09. The number of likely N-dealkylation sites (tertiary alicyclic amines) is 1. The van der Waals surface area contributed by atoms with Crippen LogP contribution in [0.5, 0.6) is 0 Å². The van der Waals surface area contributed by atoms with Crippen molar-refractivity contribution < 1.29 is 5.11 Å². The second-order valence-electron chi connectivity index (χ2n) is 5.74. The van der Waals surface area contributed by atoms with Gasteiger partial charge in [0.05, 0.1) is 6.10 Å². The predicted octanol–water partition coefficient (Wildman–Crippen LogP) is 1.22. The molecule has 2 rings (SSSR count). The number of nitrogens with one attached hydrogen (secondary N) is 1. The first-order chi connectivity index (χ1) is 7.66. The SMILES string of the molecule is CC1CC(NCC2CCCCC2O)CN1C. The average Bonchev–Trinajstić information content (AvgIpc) is 2.57. The van der Waals surface area contributed by atoms with E-state index in [2.05, 4.69) is 24.2 Å². The molecule has 16 heavy (non-hydrogen) atoms. The lowest BCUT2D eigenvalue weighted by Crippen LogP contribution is -2.39. The predicted molar refractivity (Wildman–Crippen MR) is 66.5 cm³/mol. The van der Waals surface area contributed by atoms with Crippen LogP contribution in [0.3, 0.4) is 0 Å². The van der Waals surface area contributed by atoms with Gasteiger partial charge in [0.25, 0.3) is 0 Å². The van der Waals surface area contributed by atoms with Gasteiger partial charge in [0, 0.05) is 25.2 Å². The summed E-state index contributed by atoms with van der Waals surface area (Å²) in [6.07, 6.45) is 5.90. The van der Waals surface area contributed by atoms with Crippen molar-refractivity contribution in [3.8, 4) is 0 Å². The van der Waals surface area contributed by atoms with E-state index in [1.807, 2.05) is 0 Å². The van der Waals surface area contributed by atoms with Gasteiger partial charge in [-0.15, -0.1) is 0 Å². The van der Waals surface area contributed by atoms with Gasteiger partial charge in [-0.1, -0.05) is 12.8 Å². The molecule has 0 amide bonds. The van der Waals surface area contributed by atoms with Crippen LogP contribution in [0.25, 0.3) is 0 Å². The molecule has 94 valence electrons. The van der Waals surface area contributed by atoms with Gasteiger partial charge >= 0.3 is 0 Å². The number of hydrogen-bond donors (Lipinski definition) is 2. The summed E-state index contributed by atoms with van der Waals surface area (Å²) in [5.41, 5.74) is 0. The van der Waals surface area contributed by atoms with E-state index in [0.717, 1.165) is 19.5 Å². The number of aliphatic hydroxyl groups is 1. The lowest BCUT2D eigenvalue weighted by Gasteiger charge is -2.28. The van der Waals surface area contributed by atoms with Crippen LogP contribution in [-0.2, 0) is 0 Å². The van der Waals surface area contributed by atoms with Crippen molar-refractivity contribution in [3.05, 3.63) is 0 Å². The average molecular weight is 226 g/mol. The van der Waals surface area contributed by atoms with E-state index in [4.69, 9.17) is 0 Å². The molecular weight excluding hydrogens is 200 g/mol. The van der Waals surface area contributed by atoms with E-state index in [1.54, 1.807) is 0 Å². The molecule has 3 heteroatoms. The third-order valence-electron chi connectivity index (χ3n) is 4.42. The minimum Gasteiger partial charge on any atom is -0.393 e. The summed E-state index contributed by atoms with van der Waals surface area (Å²) in [7, 11) is 2.20. The van der Waals surface area contributed by atoms with E-state index in [-0.39, 0.29) is 6.10 Å². The van der Waals surface area contributed by atoms with Crippen LogP contribution < -0.4 is 5.32 Å². The molecule has 0 bridgehead atoms. The highest BCUT2D eigenvalue weighted by Crippen LogP contribution is 2.24. The van der Waals surface area contributed by atoms with Crippen molar-refractivity contribution in [1.29, 1.82) is 0 Å². The normalized spacial score (nSPS) is 41.4. The smallest absolute Gasteiger partial charge is 0.0580 e. The fourth-order valence-corrected chi connectivity index (χ4v) is 3.09. The van der Waals surface area contributed by atoms with E-state index in [9.17, 15) is 5.11 Å². The Morgan fingerprint density at radius 1 is 1.31 bits per heavy atom. The van der Waals surface area contributed by atoms with Crippen molar-refractivity contribution >= 4 is 0 Å². The third-order valence-corrected chi connectivity index (χ3v) is 4.42. The number of hydrogen-bond acceptors (Lipinski definition) is 3. The van der Waals surface area contributed by atoms with Gasteiger partial charge in [-0.3, -0.25) is 0 Å². The minimum absolute atomic E-state index is 0.0576. The van der Waals surface area contributed by atoms with E-state index in [1.165, 1.54) is 25.7 Å². The van der Waals surface area contributed by atoms with Gasteiger partial charge in [0.2, 0.25) is 0 Å². The minimum atomic E-state index is -0.0576. The molecule has 4 atom stereocenters. The van der Waals surface area contributed by atoms with E-state index in [0.29, 0.717) is 18.0 Å². The Morgan fingerprint density at radius 2 is 2.06 bits per heavy atom. The summed E-state index contributed by atoms with van der Waals surface area (Å²) in [6, 6.07) is 1.34. The number of nitrogens with zero attached hydrogens (tertiary/aromatic N) is 1. The van der Waals surface area contributed by atoms with Gasteiger partial charge in [0.15, 0.2) is 0 Å². The maximum Gasteiger partial charge on any atom is 0.0580 e. The molecule has 2 fully saturated rings. The highest BCUT2D eigenvalue weighted by atomic mass is 16.3. The Kier molecular flexibility index (Phi) is 4.22. The quantitative estimate of drug-likeness (QED) is 0.759. The first-order valence-corrected chi connectivity index (χ1v) is 6.78. The zero-order valence-electron chi connectivity index (χ0n) is 10.7. The molecule has 0 aromatic rings. The Morgan fingerprint density at radius 3 is 2.69 bits per heavy atom. The molecule has 2 N–H and O–H groups in total. The Hall–Kier alpha value is -0.120. The summed E-state index contributed by atoms with van der Waals surface area (Å²) < 4.78 is 0. The van der Waals surface area contributed by atoms with Crippen molar-refractivity contribution in [3.63, 3.8) is 0 Å². The van der Waals surface area contributed by atoms with Crippen LogP contribution in [-0.4, -0.2) is 48.3 Å². The fraction of sp³-hybridized carbons (Fsp3) is 1.00. The zero-order valence-corrected chi connectivity index (χ0v) is 10.7. The number of aliphatic hydroxyl groups excluding tert-OH is 1. The van der Waals surface area contributed by atoms with Crippen LogP contribution >= 0.6 is 0 Å². The van der Waals surface area contributed by atoms with Crippen molar-refractivity contribution in [1.82, 2.24) is 10.2 Å². The molecule has 1 aliphatic heterocycles. The third kappa shape index (κ3) is 2.96. The van der Waals surface area contributed by atoms with Gasteiger partial charge in [-0.25, -0.2) is 0 Å². The molecule has 0 aromatic heterocycles. The highest BCUT2D eigenvalue weighted by Gasteiger charge is 2.28. The van der Waals surface area contributed by atoms with Crippen molar-refractivity contribution in [2.45, 2.75) is 57.2 Å². The van der Waals surface area contributed by atoms with Crippen LogP contribution in [0.4, 0.5) is 0 Å². The first-order valence-electron chi connectivity index (χ1n) is 6.78. The second-order valence-corrected chi connectivity index (χ2v) is 5.74. The van der Waals surface area contributed by atoms with Gasteiger partial charge in [-0.05, 0) is 39.2 Å². The maximum absolute atomic E-state index is 9.90. The highest BCUT2D eigenvalue weighted by molar-refractivity contribution is 4.86. The molecule has 0 radical (unpaired) electrons. The van der Waals surface area contributed by atoms with Crippen LogP contribution in [0, 0.1) is 5.92 Å². The monoisotopic (exact) mass is 226 g/mol. The molecule has 1 aliphatic carbocycles. The molecule has 1 heterocycles. The first kappa shape index (κ1) is 12.3. The van der Waals surface area contributed by atoms with Crippen LogP contribution in [0.15, 0.2) is 0 Å². The van der Waals surface area contributed by atoms with E-state index < -0.39 is 0 Å². The molecule has 0 spiro atoms. The largest absolute Gasteiger partial charge is 0.393 e. The Labute approximate surface area is 99.2 Å². The zero-order chi connectivity index (χ0) is 11.5. The standard InChI is InChI=1S/C13H26N2O/c1-10-7-12(9-15(10)2)14-8-11-5-3-4-6-13(11)16/h10-14,16H,3-9H2,1-2H3. The summed E-state index contributed by atoms with van der Waals surface area (Å²) in [6.45, 7) is 4.45. The summed E-state index contributed by atoms with van der Waals surface area (Å²) in [5, 5.41) is 13.5. The van der Waals surface area contributed by atoms with Gasteiger partial charge in [-0.2, -0.15) is 0 Å². The topological polar surface area (TPSA) is 35.5 Å². The summed E-state index contributed by atoms with van der Waals surface area (Å²) in [4.78, 5) is 2.41. The lowest BCUT2D eigenvalue weighted by atomic mass is 9.86. The van der Waals surface area contributed by atoms with Crippen molar-refractivity contribution in [2.24, 2.45) is 5.92 Å². The summed E-state index contributed by atoms with van der Waals surface area (Å²) >= 11 is 0. The molecule has 0 aromatic carbocycles. The molecule has 4 unspecified atom stereocenters. The number of likely N-dealkylation sites (N-methyl/N-ethyl adjacent to an activating group) is 1. The summed E-state index contributed by atoms with van der Waals surface area (Å²) in [5.74, 6) is 0.495. The molecular formula is C13H26N2O. The molecule has 1 saturated carbocycles. The van der Waals surface area contributed by atoms with Gasteiger partial charge in [0.1, 0.15) is 0 Å². The Bertz CT molecular complexity index is 212. The van der Waals surface area contributed by atoms with Gasteiger partial charge < -0.3 is 15.3 Å². The molecule has 3 nitrogen and oxygen atoms in total. The second kappa shape index (κ2) is 5.48. The Balaban J connectivity index is 1.71. The van der Waals surface area contributed by atoms with E-state index >= 15 is 0 Å².